The molecule has 2 amide bonds. The van der Waals surface area contributed by atoms with Crippen molar-refractivity contribution in [2.24, 2.45) is 5.92 Å². The number of carbonyl (C=O) groups excluding carboxylic acids is 2. The predicted molar refractivity (Wildman–Crippen MR) is 106 cm³/mol. The number of likely N-dealkylation sites (tertiary alicyclic amines) is 1. The summed E-state index contributed by atoms with van der Waals surface area (Å²) in [6, 6.07) is 0. The van der Waals surface area contributed by atoms with Gasteiger partial charge in [0.05, 0.1) is 17.6 Å². The minimum atomic E-state index is -0.367. The molecule has 0 aromatic carbocycles. The maximum atomic E-state index is 13.1. The van der Waals surface area contributed by atoms with Gasteiger partial charge >= 0.3 is 0 Å². The largest absolute Gasteiger partial charge is 0.348 e. The van der Waals surface area contributed by atoms with E-state index in [0.29, 0.717) is 19.6 Å². The van der Waals surface area contributed by atoms with E-state index in [2.05, 4.69) is 19.9 Å². The number of hydrogen-bond donors (Lipinski definition) is 1. The van der Waals surface area contributed by atoms with Gasteiger partial charge < -0.3 is 19.4 Å². The zero-order valence-corrected chi connectivity index (χ0v) is 16.9. The number of hydrogen-bond acceptors (Lipinski definition) is 4. The van der Waals surface area contributed by atoms with Crippen molar-refractivity contribution in [1.29, 1.82) is 0 Å². The number of piperidine rings is 1. The Morgan fingerprint density at radius 2 is 2.00 bits per heavy atom. The molecule has 2 aromatic rings. The van der Waals surface area contributed by atoms with Gasteiger partial charge in [0, 0.05) is 56.5 Å². The van der Waals surface area contributed by atoms with Crippen molar-refractivity contribution < 1.29 is 9.59 Å². The Kier molecular flexibility index (Phi) is 4.44. The number of nitrogens with zero attached hydrogens (tertiary/aromatic N) is 5. The van der Waals surface area contributed by atoms with E-state index < -0.39 is 0 Å². The Hall–Kier alpha value is -2.64. The summed E-state index contributed by atoms with van der Waals surface area (Å²) >= 11 is 0. The average molecular weight is 396 g/mol. The van der Waals surface area contributed by atoms with Crippen LogP contribution in [0.4, 0.5) is 0 Å². The molecular weight excluding hydrogens is 368 g/mol. The lowest BCUT2D eigenvalue weighted by atomic mass is 9.78. The number of imidazole rings is 2. The summed E-state index contributed by atoms with van der Waals surface area (Å²) in [5.41, 5.74) is 1.80. The molecule has 0 atom stereocenters. The molecule has 5 rings (SSSR count). The molecule has 1 saturated carbocycles. The lowest BCUT2D eigenvalue weighted by molar-refractivity contribution is -0.145. The molecule has 2 aromatic heterocycles. The second kappa shape index (κ2) is 7.00. The lowest BCUT2D eigenvalue weighted by Crippen LogP contribution is -2.59. The molecule has 3 aliphatic rings. The summed E-state index contributed by atoms with van der Waals surface area (Å²) in [7, 11) is 0. The molecule has 1 aliphatic carbocycles. The molecule has 29 heavy (non-hydrogen) atoms. The van der Waals surface area contributed by atoms with Crippen LogP contribution in [0.3, 0.4) is 0 Å². The summed E-state index contributed by atoms with van der Waals surface area (Å²) in [5, 5.41) is 0. The zero-order valence-electron chi connectivity index (χ0n) is 16.9. The first-order chi connectivity index (χ1) is 14.1. The van der Waals surface area contributed by atoms with Crippen molar-refractivity contribution in [3.63, 3.8) is 0 Å². The van der Waals surface area contributed by atoms with Crippen molar-refractivity contribution in [3.8, 4) is 0 Å². The van der Waals surface area contributed by atoms with Gasteiger partial charge in [-0.15, -0.1) is 0 Å². The van der Waals surface area contributed by atoms with Crippen LogP contribution in [-0.2, 0) is 34.5 Å². The van der Waals surface area contributed by atoms with Gasteiger partial charge in [-0.1, -0.05) is 6.92 Å². The number of H-pyrrole nitrogens is 1. The van der Waals surface area contributed by atoms with Gasteiger partial charge in [-0.2, -0.15) is 0 Å². The quantitative estimate of drug-likeness (QED) is 0.848. The summed E-state index contributed by atoms with van der Waals surface area (Å²) in [5.74, 6) is 1.53. The highest BCUT2D eigenvalue weighted by atomic mass is 16.2. The molecule has 0 unspecified atom stereocenters. The van der Waals surface area contributed by atoms with E-state index in [1.54, 1.807) is 12.5 Å². The molecule has 4 heterocycles. The minimum absolute atomic E-state index is 0.116. The Balaban J connectivity index is 1.34. The standard InChI is InChI=1S/C21H28N6O2/c1-2-17-22-8-12-26(17)13-18(28)25-10-6-21(7-11-25)19-16(23-14-24-19)5-9-27(21)20(29)15-3-4-15/h8,12,14-15H,2-7,9-11,13H2,1H3,(H,23,24). The summed E-state index contributed by atoms with van der Waals surface area (Å²) < 4.78 is 1.93. The number of carbonyl (C=O) groups is 2. The molecule has 8 nitrogen and oxygen atoms in total. The topological polar surface area (TPSA) is 87.1 Å². The van der Waals surface area contributed by atoms with Crippen LogP contribution < -0.4 is 0 Å². The SMILES string of the molecule is CCc1nccn1CC(=O)N1CCC2(CC1)c1nc[nH]c1CCN2C(=O)C1CC1. The Morgan fingerprint density at radius 1 is 1.21 bits per heavy atom. The molecule has 154 valence electrons. The fraction of sp³-hybridized carbons (Fsp3) is 0.619. The normalized spacial score (nSPS) is 20.7. The van der Waals surface area contributed by atoms with Gasteiger partial charge in [0.25, 0.3) is 0 Å². The Labute approximate surface area is 170 Å². The van der Waals surface area contributed by atoms with E-state index in [1.807, 2.05) is 22.6 Å². The Morgan fingerprint density at radius 3 is 2.72 bits per heavy atom. The molecule has 8 heteroatoms. The van der Waals surface area contributed by atoms with Crippen molar-refractivity contribution in [2.75, 3.05) is 19.6 Å². The first kappa shape index (κ1) is 18.4. The smallest absolute Gasteiger partial charge is 0.242 e. The van der Waals surface area contributed by atoms with Crippen LogP contribution in [0.2, 0.25) is 0 Å². The van der Waals surface area contributed by atoms with E-state index in [-0.39, 0.29) is 23.3 Å². The number of aromatic amines is 1. The predicted octanol–water partition coefficient (Wildman–Crippen LogP) is 1.48. The first-order valence-corrected chi connectivity index (χ1v) is 10.7. The lowest BCUT2D eigenvalue weighted by Gasteiger charge is -2.50. The summed E-state index contributed by atoms with van der Waals surface area (Å²) in [6.45, 7) is 4.41. The first-order valence-electron chi connectivity index (χ1n) is 10.7. The van der Waals surface area contributed by atoms with Crippen LogP contribution >= 0.6 is 0 Å². The average Bonchev–Trinajstić information content (AvgIpc) is 3.30. The molecular formula is C21H28N6O2. The van der Waals surface area contributed by atoms with Gasteiger partial charge in [-0.25, -0.2) is 9.97 Å². The molecule has 2 fully saturated rings. The molecule has 0 radical (unpaired) electrons. The zero-order chi connectivity index (χ0) is 20.0. The van der Waals surface area contributed by atoms with Crippen molar-refractivity contribution in [1.82, 2.24) is 29.3 Å². The molecule has 2 aliphatic heterocycles. The van der Waals surface area contributed by atoms with Crippen LogP contribution in [0.5, 0.6) is 0 Å². The third-order valence-corrected chi connectivity index (χ3v) is 6.82. The maximum Gasteiger partial charge on any atom is 0.242 e. The summed E-state index contributed by atoms with van der Waals surface area (Å²) in [4.78, 5) is 42.2. The van der Waals surface area contributed by atoms with Crippen LogP contribution in [0.25, 0.3) is 0 Å². The number of aromatic nitrogens is 4. The van der Waals surface area contributed by atoms with Gasteiger partial charge in [0.1, 0.15) is 12.4 Å². The second-order valence-corrected chi connectivity index (χ2v) is 8.48. The van der Waals surface area contributed by atoms with Crippen LogP contribution in [-0.4, -0.2) is 60.8 Å². The van der Waals surface area contributed by atoms with E-state index in [1.165, 1.54) is 0 Å². The number of fused-ring (bicyclic) bond motifs is 2. The third-order valence-electron chi connectivity index (χ3n) is 6.82. The van der Waals surface area contributed by atoms with Crippen molar-refractivity contribution in [2.45, 2.75) is 57.5 Å². The number of amides is 2. The molecule has 1 N–H and O–H groups in total. The van der Waals surface area contributed by atoms with Crippen LogP contribution in [0.1, 0.15) is 49.8 Å². The summed E-state index contributed by atoms with van der Waals surface area (Å²) in [6.07, 6.45) is 10.5. The second-order valence-electron chi connectivity index (χ2n) is 8.48. The Bertz CT molecular complexity index is 919. The fourth-order valence-corrected chi connectivity index (χ4v) is 5.03. The van der Waals surface area contributed by atoms with E-state index in [9.17, 15) is 9.59 Å². The monoisotopic (exact) mass is 396 g/mol. The number of aryl methyl sites for hydroxylation is 1. The van der Waals surface area contributed by atoms with E-state index in [4.69, 9.17) is 0 Å². The number of nitrogens with one attached hydrogen (secondary N) is 1. The van der Waals surface area contributed by atoms with Gasteiger partial charge in [-0.05, 0) is 25.7 Å². The molecule has 1 spiro atoms. The van der Waals surface area contributed by atoms with Crippen LogP contribution in [0, 0.1) is 5.92 Å². The van der Waals surface area contributed by atoms with Gasteiger partial charge in [0.2, 0.25) is 11.8 Å². The van der Waals surface area contributed by atoms with Crippen molar-refractivity contribution in [3.05, 3.63) is 35.9 Å². The fourth-order valence-electron chi connectivity index (χ4n) is 5.03. The van der Waals surface area contributed by atoms with Gasteiger partial charge in [0.15, 0.2) is 0 Å². The highest BCUT2D eigenvalue weighted by Gasteiger charge is 2.51. The van der Waals surface area contributed by atoms with Crippen molar-refractivity contribution >= 4 is 11.8 Å². The minimum Gasteiger partial charge on any atom is -0.348 e. The third kappa shape index (κ3) is 3.05. The maximum absolute atomic E-state index is 13.1. The highest BCUT2D eigenvalue weighted by molar-refractivity contribution is 5.82. The van der Waals surface area contributed by atoms with Crippen LogP contribution in [0.15, 0.2) is 18.7 Å². The highest BCUT2D eigenvalue weighted by Crippen LogP contribution is 2.45. The van der Waals surface area contributed by atoms with Gasteiger partial charge in [-0.3, -0.25) is 9.59 Å². The molecule has 0 bridgehead atoms. The molecule has 1 saturated heterocycles. The van der Waals surface area contributed by atoms with E-state index in [0.717, 1.165) is 62.3 Å². The van der Waals surface area contributed by atoms with E-state index >= 15 is 0 Å². The number of rotatable bonds is 4.